The lowest BCUT2D eigenvalue weighted by Crippen LogP contribution is -2.47. The molecule has 0 bridgehead atoms. The number of amides is 1. The molecule has 1 aliphatic rings. The van der Waals surface area contributed by atoms with Crippen LogP contribution in [0, 0.1) is 5.41 Å². The maximum atomic E-state index is 11.9. The number of carbonyl (C=O) groups is 1. The molecule has 0 saturated carbocycles. The van der Waals surface area contributed by atoms with Crippen molar-refractivity contribution in [3.05, 3.63) is 24.2 Å². The average Bonchev–Trinajstić information content (AvgIpc) is 2.91. The zero-order chi connectivity index (χ0) is 12.8. The summed E-state index contributed by atoms with van der Waals surface area (Å²) >= 11 is 0. The Balaban J connectivity index is 0.00000180. The minimum Gasteiger partial charge on any atom is -0.472 e. The SMILES string of the molecule is COCC1(CNC(=O)c2ccoc2)CCNCC1.Cl. The number of piperidine rings is 1. The smallest absolute Gasteiger partial charge is 0.254 e. The van der Waals surface area contributed by atoms with Gasteiger partial charge in [-0.25, -0.2) is 0 Å². The first-order valence-electron chi connectivity index (χ1n) is 6.26. The predicted octanol–water partition coefficient (Wildman–Crippen LogP) is 1.45. The highest BCUT2D eigenvalue weighted by Crippen LogP contribution is 2.28. The molecule has 2 rings (SSSR count). The molecule has 1 saturated heterocycles. The van der Waals surface area contributed by atoms with Gasteiger partial charge in [-0.3, -0.25) is 4.79 Å². The van der Waals surface area contributed by atoms with Crippen molar-refractivity contribution in [2.24, 2.45) is 5.41 Å². The van der Waals surface area contributed by atoms with Crippen molar-refractivity contribution in [2.75, 3.05) is 33.4 Å². The van der Waals surface area contributed by atoms with Crippen LogP contribution in [0.5, 0.6) is 0 Å². The van der Waals surface area contributed by atoms with Gasteiger partial charge in [-0.1, -0.05) is 0 Å². The molecule has 0 atom stereocenters. The van der Waals surface area contributed by atoms with E-state index in [2.05, 4.69) is 10.6 Å². The summed E-state index contributed by atoms with van der Waals surface area (Å²) < 4.78 is 10.2. The fraction of sp³-hybridized carbons (Fsp3) is 0.615. The fourth-order valence-corrected chi connectivity index (χ4v) is 2.40. The van der Waals surface area contributed by atoms with Crippen LogP contribution in [0.15, 0.2) is 23.0 Å². The molecule has 5 nitrogen and oxygen atoms in total. The minimum atomic E-state index is -0.0854. The highest BCUT2D eigenvalue weighted by molar-refractivity contribution is 5.93. The number of furan rings is 1. The number of ether oxygens (including phenoxy) is 1. The Morgan fingerprint density at radius 1 is 1.53 bits per heavy atom. The first kappa shape index (κ1) is 16.0. The molecule has 0 unspecified atom stereocenters. The van der Waals surface area contributed by atoms with Crippen LogP contribution < -0.4 is 10.6 Å². The third kappa shape index (κ3) is 4.23. The highest BCUT2D eigenvalue weighted by atomic mass is 35.5. The summed E-state index contributed by atoms with van der Waals surface area (Å²) in [5.74, 6) is -0.0854. The molecule has 108 valence electrons. The lowest BCUT2D eigenvalue weighted by molar-refractivity contribution is 0.0511. The predicted molar refractivity (Wildman–Crippen MR) is 74.7 cm³/mol. The zero-order valence-electron chi connectivity index (χ0n) is 11.1. The van der Waals surface area contributed by atoms with E-state index in [1.165, 1.54) is 12.5 Å². The second kappa shape index (κ2) is 7.53. The van der Waals surface area contributed by atoms with Gasteiger partial charge in [-0.2, -0.15) is 0 Å². The van der Waals surface area contributed by atoms with E-state index in [-0.39, 0.29) is 23.7 Å². The Hall–Kier alpha value is -1.04. The van der Waals surface area contributed by atoms with Gasteiger partial charge in [-0.15, -0.1) is 12.4 Å². The largest absolute Gasteiger partial charge is 0.472 e. The van der Waals surface area contributed by atoms with E-state index in [1.54, 1.807) is 13.2 Å². The van der Waals surface area contributed by atoms with E-state index >= 15 is 0 Å². The van der Waals surface area contributed by atoms with Crippen molar-refractivity contribution in [3.8, 4) is 0 Å². The van der Waals surface area contributed by atoms with Gasteiger partial charge in [0.15, 0.2) is 0 Å². The molecule has 0 aromatic carbocycles. The minimum absolute atomic E-state index is 0. The molecule has 0 spiro atoms. The summed E-state index contributed by atoms with van der Waals surface area (Å²) in [7, 11) is 1.71. The molecule has 1 aliphatic heterocycles. The molecule has 6 heteroatoms. The second-order valence-corrected chi connectivity index (χ2v) is 4.88. The molecule has 19 heavy (non-hydrogen) atoms. The standard InChI is InChI=1S/C13H20N2O3.ClH/c1-17-10-13(3-5-14-6-4-13)9-15-12(16)11-2-7-18-8-11;/h2,7-8,14H,3-6,9-10H2,1H3,(H,15,16);1H. The van der Waals surface area contributed by atoms with Crippen LogP contribution >= 0.6 is 12.4 Å². The Morgan fingerprint density at radius 3 is 2.84 bits per heavy atom. The maximum absolute atomic E-state index is 11.9. The molecule has 1 amide bonds. The third-order valence-electron chi connectivity index (χ3n) is 3.52. The van der Waals surface area contributed by atoms with E-state index in [0.717, 1.165) is 25.9 Å². The molecule has 1 fully saturated rings. The highest BCUT2D eigenvalue weighted by Gasteiger charge is 2.32. The van der Waals surface area contributed by atoms with Crippen LogP contribution in [0.2, 0.25) is 0 Å². The van der Waals surface area contributed by atoms with Gasteiger partial charge in [0.1, 0.15) is 6.26 Å². The van der Waals surface area contributed by atoms with Gasteiger partial charge in [0.2, 0.25) is 0 Å². The average molecular weight is 289 g/mol. The maximum Gasteiger partial charge on any atom is 0.254 e. The van der Waals surface area contributed by atoms with Crippen molar-refractivity contribution in [3.63, 3.8) is 0 Å². The molecule has 1 aromatic rings. The molecule has 2 N–H and O–H groups in total. The molecule has 2 heterocycles. The number of halogens is 1. The van der Waals surface area contributed by atoms with E-state index in [1.807, 2.05) is 0 Å². The normalized spacial score (nSPS) is 17.5. The Bertz CT molecular complexity index is 370. The fourth-order valence-electron chi connectivity index (χ4n) is 2.40. The van der Waals surface area contributed by atoms with Crippen molar-refractivity contribution in [1.29, 1.82) is 0 Å². The van der Waals surface area contributed by atoms with Crippen molar-refractivity contribution >= 4 is 18.3 Å². The van der Waals surface area contributed by atoms with Crippen molar-refractivity contribution in [2.45, 2.75) is 12.8 Å². The van der Waals surface area contributed by atoms with Gasteiger partial charge in [0, 0.05) is 19.1 Å². The van der Waals surface area contributed by atoms with Gasteiger partial charge in [0.05, 0.1) is 18.4 Å². The van der Waals surface area contributed by atoms with Crippen molar-refractivity contribution < 1.29 is 13.9 Å². The van der Waals surface area contributed by atoms with Crippen LogP contribution in [-0.4, -0.2) is 39.3 Å². The lowest BCUT2D eigenvalue weighted by atomic mass is 9.79. The van der Waals surface area contributed by atoms with Crippen LogP contribution in [0.1, 0.15) is 23.2 Å². The van der Waals surface area contributed by atoms with Gasteiger partial charge in [-0.05, 0) is 32.0 Å². The Morgan fingerprint density at radius 2 is 2.26 bits per heavy atom. The topological polar surface area (TPSA) is 63.5 Å². The summed E-state index contributed by atoms with van der Waals surface area (Å²) in [5.41, 5.74) is 0.621. The van der Waals surface area contributed by atoms with Crippen LogP contribution in [0.25, 0.3) is 0 Å². The van der Waals surface area contributed by atoms with Crippen LogP contribution in [0.3, 0.4) is 0 Å². The summed E-state index contributed by atoms with van der Waals surface area (Å²) in [6.45, 7) is 3.28. The van der Waals surface area contributed by atoms with Gasteiger partial charge < -0.3 is 19.8 Å². The van der Waals surface area contributed by atoms with E-state index < -0.39 is 0 Å². The number of rotatable bonds is 5. The Kier molecular flexibility index (Phi) is 6.34. The van der Waals surface area contributed by atoms with Crippen LogP contribution in [-0.2, 0) is 4.74 Å². The number of methoxy groups -OCH3 is 1. The molecule has 1 aromatic heterocycles. The molecular weight excluding hydrogens is 268 g/mol. The van der Waals surface area contributed by atoms with Crippen molar-refractivity contribution in [1.82, 2.24) is 10.6 Å². The van der Waals surface area contributed by atoms with Crippen LogP contribution in [0.4, 0.5) is 0 Å². The molecule has 0 radical (unpaired) electrons. The number of nitrogens with one attached hydrogen (secondary N) is 2. The first-order valence-corrected chi connectivity index (χ1v) is 6.26. The first-order chi connectivity index (χ1) is 8.76. The molecular formula is C13H21ClN2O3. The van der Waals surface area contributed by atoms with E-state index in [0.29, 0.717) is 18.7 Å². The summed E-state index contributed by atoms with van der Waals surface area (Å²) in [6, 6.07) is 1.67. The zero-order valence-corrected chi connectivity index (χ0v) is 11.9. The number of hydrogen-bond acceptors (Lipinski definition) is 4. The lowest BCUT2D eigenvalue weighted by Gasteiger charge is -2.37. The number of hydrogen-bond donors (Lipinski definition) is 2. The summed E-state index contributed by atoms with van der Waals surface area (Å²) in [5, 5.41) is 6.30. The van der Waals surface area contributed by atoms with Gasteiger partial charge >= 0.3 is 0 Å². The number of carbonyl (C=O) groups excluding carboxylic acids is 1. The van der Waals surface area contributed by atoms with E-state index in [9.17, 15) is 4.79 Å². The molecule has 0 aliphatic carbocycles. The summed E-state index contributed by atoms with van der Waals surface area (Å²) in [6.07, 6.45) is 5.00. The second-order valence-electron chi connectivity index (χ2n) is 4.88. The quantitative estimate of drug-likeness (QED) is 0.861. The third-order valence-corrected chi connectivity index (χ3v) is 3.52. The van der Waals surface area contributed by atoms with E-state index in [4.69, 9.17) is 9.15 Å². The Labute approximate surface area is 119 Å². The summed E-state index contributed by atoms with van der Waals surface area (Å²) in [4.78, 5) is 11.9. The monoisotopic (exact) mass is 288 g/mol. The van der Waals surface area contributed by atoms with Gasteiger partial charge in [0.25, 0.3) is 5.91 Å².